The maximum Gasteiger partial charge on any atom is 0.242 e. The molecule has 0 spiro atoms. The largest absolute Gasteiger partial charge is 0.545 e. The van der Waals surface area contributed by atoms with Crippen molar-refractivity contribution in [2.75, 3.05) is 0 Å². The van der Waals surface area contributed by atoms with Crippen LogP contribution in [0.2, 0.25) is 19.6 Å². The van der Waals surface area contributed by atoms with E-state index >= 15 is 0 Å². The molecule has 0 radical (unpaired) electrons. The highest BCUT2D eigenvalue weighted by molar-refractivity contribution is 6.70. The van der Waals surface area contributed by atoms with E-state index in [1.54, 1.807) is 0 Å². The highest BCUT2D eigenvalue weighted by Gasteiger charge is 2.50. The molecular formula is C16H26OSi. The Labute approximate surface area is 113 Å². The van der Waals surface area contributed by atoms with Crippen molar-refractivity contribution in [3.05, 3.63) is 36.1 Å². The van der Waals surface area contributed by atoms with Crippen molar-refractivity contribution < 1.29 is 4.43 Å². The third-order valence-electron chi connectivity index (χ3n) is 4.41. The van der Waals surface area contributed by atoms with E-state index in [-0.39, 0.29) is 0 Å². The summed E-state index contributed by atoms with van der Waals surface area (Å²) in [7, 11) is -1.51. The summed E-state index contributed by atoms with van der Waals surface area (Å²) in [4.78, 5) is 0. The van der Waals surface area contributed by atoms with Crippen LogP contribution in [0.5, 0.6) is 0 Å². The molecule has 0 heterocycles. The van der Waals surface area contributed by atoms with Crippen molar-refractivity contribution >= 4 is 8.32 Å². The number of fused-ring (bicyclic) bond motifs is 1. The molecule has 0 N–H and O–H groups in total. The average molecular weight is 262 g/mol. The fourth-order valence-electron chi connectivity index (χ4n) is 3.20. The molecule has 2 bridgehead atoms. The van der Waals surface area contributed by atoms with Crippen LogP contribution in [-0.4, -0.2) is 8.32 Å². The Morgan fingerprint density at radius 2 is 2.11 bits per heavy atom. The quantitative estimate of drug-likeness (QED) is 0.398. The number of rotatable bonds is 4. The van der Waals surface area contributed by atoms with Gasteiger partial charge in [0.05, 0.1) is 5.76 Å². The van der Waals surface area contributed by atoms with Crippen molar-refractivity contribution in [3.63, 3.8) is 0 Å². The minimum atomic E-state index is -1.51. The zero-order chi connectivity index (χ0) is 13.6. The van der Waals surface area contributed by atoms with Crippen molar-refractivity contribution in [2.24, 2.45) is 17.3 Å². The topological polar surface area (TPSA) is 9.23 Å². The lowest BCUT2D eigenvalue weighted by Crippen LogP contribution is -2.47. The average Bonchev–Trinajstić information content (AvgIpc) is 2.24. The highest BCUT2D eigenvalue weighted by atomic mass is 28.4. The van der Waals surface area contributed by atoms with Gasteiger partial charge in [-0.15, -0.1) is 0 Å². The van der Waals surface area contributed by atoms with Gasteiger partial charge in [-0.3, -0.25) is 0 Å². The van der Waals surface area contributed by atoms with Gasteiger partial charge in [-0.2, -0.15) is 0 Å². The maximum atomic E-state index is 5.86. The summed E-state index contributed by atoms with van der Waals surface area (Å²) in [5.74, 6) is 2.46. The van der Waals surface area contributed by atoms with E-state index in [9.17, 15) is 0 Å². The van der Waals surface area contributed by atoms with E-state index in [0.29, 0.717) is 5.41 Å². The second kappa shape index (κ2) is 4.41. The fourth-order valence-corrected chi connectivity index (χ4v) is 4.06. The third-order valence-corrected chi connectivity index (χ3v) is 5.28. The van der Waals surface area contributed by atoms with E-state index in [1.807, 2.05) is 0 Å². The van der Waals surface area contributed by atoms with Crippen LogP contribution in [-0.2, 0) is 4.43 Å². The first-order valence-electron chi connectivity index (χ1n) is 6.96. The molecule has 0 amide bonds. The molecule has 1 fully saturated rings. The standard InChI is InChI=1S/C16H26OSi/c1-12(17-18(4,5)6)7-8-13-9-10-14-11-15(13)16(14,2)3/h7-9,14-15H,1,10-11H2,2-6H3/b8-7+/t14-,15-/m0/s1. The van der Waals surface area contributed by atoms with E-state index in [1.165, 1.54) is 18.4 Å². The Balaban J connectivity index is 1.98. The molecule has 2 atom stereocenters. The predicted octanol–water partition coefficient (Wildman–Crippen LogP) is 4.90. The van der Waals surface area contributed by atoms with E-state index in [2.05, 4.69) is 58.3 Å². The molecular weight excluding hydrogens is 236 g/mol. The minimum Gasteiger partial charge on any atom is -0.545 e. The molecule has 2 heteroatoms. The van der Waals surface area contributed by atoms with Crippen LogP contribution >= 0.6 is 0 Å². The lowest BCUT2D eigenvalue weighted by atomic mass is 9.49. The molecule has 0 aliphatic heterocycles. The first-order valence-corrected chi connectivity index (χ1v) is 10.4. The first kappa shape index (κ1) is 13.7. The molecule has 1 nitrogen and oxygen atoms in total. The molecule has 1 saturated carbocycles. The van der Waals surface area contributed by atoms with Gasteiger partial charge in [-0.1, -0.05) is 32.6 Å². The normalized spacial score (nSPS) is 29.7. The van der Waals surface area contributed by atoms with Gasteiger partial charge in [0.2, 0.25) is 8.32 Å². The van der Waals surface area contributed by atoms with Gasteiger partial charge < -0.3 is 4.43 Å². The molecule has 3 aliphatic carbocycles. The molecule has 0 saturated heterocycles. The lowest BCUT2D eigenvalue weighted by Gasteiger charge is -2.56. The highest BCUT2D eigenvalue weighted by Crippen LogP contribution is 2.59. The van der Waals surface area contributed by atoms with Gasteiger partial charge in [-0.25, -0.2) is 0 Å². The summed E-state index contributed by atoms with van der Waals surface area (Å²) < 4.78 is 5.86. The molecule has 100 valence electrons. The molecule has 0 aromatic heterocycles. The lowest BCUT2D eigenvalue weighted by molar-refractivity contribution is -0.00330. The van der Waals surface area contributed by atoms with E-state index in [0.717, 1.165) is 17.6 Å². The molecule has 3 aliphatic rings. The molecule has 3 rings (SSSR count). The summed E-state index contributed by atoms with van der Waals surface area (Å²) >= 11 is 0. The minimum absolute atomic E-state index is 0.495. The molecule has 0 aromatic rings. The second-order valence-electron chi connectivity index (χ2n) is 7.26. The van der Waals surface area contributed by atoms with Gasteiger partial charge in [0.25, 0.3) is 0 Å². The third kappa shape index (κ3) is 2.63. The number of allylic oxidation sites excluding steroid dienone is 4. The van der Waals surface area contributed by atoms with Crippen LogP contribution in [0.4, 0.5) is 0 Å². The van der Waals surface area contributed by atoms with Crippen LogP contribution < -0.4 is 0 Å². The van der Waals surface area contributed by atoms with Crippen LogP contribution in [0, 0.1) is 17.3 Å². The predicted molar refractivity (Wildman–Crippen MR) is 80.8 cm³/mol. The monoisotopic (exact) mass is 262 g/mol. The smallest absolute Gasteiger partial charge is 0.242 e. The van der Waals surface area contributed by atoms with E-state index < -0.39 is 8.32 Å². The zero-order valence-corrected chi connectivity index (χ0v) is 13.4. The van der Waals surface area contributed by atoms with Crippen LogP contribution in [0.3, 0.4) is 0 Å². The van der Waals surface area contributed by atoms with Crippen molar-refractivity contribution in [1.82, 2.24) is 0 Å². The summed E-state index contributed by atoms with van der Waals surface area (Å²) in [6.07, 6.45) is 9.29. The fraction of sp³-hybridized carbons (Fsp3) is 0.625. The molecule has 18 heavy (non-hydrogen) atoms. The summed E-state index contributed by atoms with van der Waals surface area (Å²) in [6, 6.07) is 0. The Bertz CT molecular complexity index is 409. The SMILES string of the molecule is C=C(/C=C/C1=CC[C@H]2C[C@@H]1C2(C)C)O[Si](C)(C)C. The molecule has 0 unspecified atom stereocenters. The Hall–Kier alpha value is -0.763. The summed E-state index contributed by atoms with van der Waals surface area (Å²) in [5, 5.41) is 0. The maximum absolute atomic E-state index is 5.86. The number of hydrogen-bond donors (Lipinski definition) is 0. The second-order valence-corrected chi connectivity index (χ2v) is 11.7. The van der Waals surface area contributed by atoms with Gasteiger partial charge in [0, 0.05) is 0 Å². The van der Waals surface area contributed by atoms with Gasteiger partial charge >= 0.3 is 0 Å². The summed E-state index contributed by atoms with van der Waals surface area (Å²) in [6.45, 7) is 15.4. The Kier molecular flexibility index (Phi) is 3.35. The van der Waals surface area contributed by atoms with Crippen LogP contribution in [0.25, 0.3) is 0 Å². The Morgan fingerprint density at radius 1 is 1.44 bits per heavy atom. The van der Waals surface area contributed by atoms with Gasteiger partial charge in [-0.05, 0) is 61.4 Å². The van der Waals surface area contributed by atoms with Gasteiger partial charge in [0.1, 0.15) is 0 Å². The zero-order valence-electron chi connectivity index (χ0n) is 12.4. The van der Waals surface area contributed by atoms with Crippen LogP contribution in [0.1, 0.15) is 26.7 Å². The van der Waals surface area contributed by atoms with Crippen LogP contribution in [0.15, 0.2) is 36.1 Å². The van der Waals surface area contributed by atoms with Gasteiger partial charge in [0.15, 0.2) is 0 Å². The summed E-state index contributed by atoms with van der Waals surface area (Å²) in [5.41, 5.74) is 1.98. The van der Waals surface area contributed by atoms with Crippen molar-refractivity contribution in [3.8, 4) is 0 Å². The first-order chi connectivity index (χ1) is 8.20. The molecule has 0 aromatic carbocycles. The van der Waals surface area contributed by atoms with E-state index in [4.69, 9.17) is 4.43 Å². The Morgan fingerprint density at radius 3 is 2.61 bits per heavy atom. The van der Waals surface area contributed by atoms with Crippen molar-refractivity contribution in [1.29, 1.82) is 0 Å². The number of hydrogen-bond acceptors (Lipinski definition) is 1. The van der Waals surface area contributed by atoms with Crippen molar-refractivity contribution in [2.45, 2.75) is 46.3 Å².